The second kappa shape index (κ2) is 5.29. The highest BCUT2D eigenvalue weighted by molar-refractivity contribution is 6.22. The van der Waals surface area contributed by atoms with Crippen molar-refractivity contribution in [1.82, 2.24) is 0 Å². The van der Waals surface area contributed by atoms with Crippen molar-refractivity contribution in [1.29, 1.82) is 0 Å². The van der Waals surface area contributed by atoms with Gasteiger partial charge in [-0.05, 0) is 37.1 Å². The SMILES string of the molecule is O=C1[C@@H]2[C@H](C(=O)N1c1ccc(N3CCOCC3)cc1)[C@@H]1CC[C@@H]2O1. The Bertz CT molecular complexity index is 655. The van der Waals surface area contributed by atoms with Crippen LogP contribution in [-0.4, -0.2) is 50.3 Å². The molecule has 4 fully saturated rings. The van der Waals surface area contributed by atoms with Gasteiger partial charge in [-0.3, -0.25) is 9.59 Å². The fourth-order valence-corrected chi connectivity index (χ4v) is 4.60. The summed E-state index contributed by atoms with van der Waals surface area (Å²) < 4.78 is 11.1. The molecule has 1 aromatic carbocycles. The molecule has 4 heterocycles. The van der Waals surface area contributed by atoms with E-state index >= 15 is 0 Å². The van der Waals surface area contributed by atoms with Gasteiger partial charge in [0.25, 0.3) is 0 Å². The number of carbonyl (C=O) groups excluding carboxylic acids is 2. The van der Waals surface area contributed by atoms with Gasteiger partial charge in [0.2, 0.25) is 11.8 Å². The van der Waals surface area contributed by atoms with E-state index in [1.54, 1.807) is 0 Å². The van der Waals surface area contributed by atoms with E-state index in [1.807, 2.05) is 24.3 Å². The lowest BCUT2D eigenvalue weighted by molar-refractivity contribution is -0.124. The maximum absolute atomic E-state index is 12.8. The third-order valence-electron chi connectivity index (χ3n) is 5.77. The van der Waals surface area contributed by atoms with E-state index in [4.69, 9.17) is 9.47 Å². The quantitative estimate of drug-likeness (QED) is 0.763. The van der Waals surface area contributed by atoms with Gasteiger partial charge in [-0.2, -0.15) is 0 Å². The smallest absolute Gasteiger partial charge is 0.240 e. The van der Waals surface area contributed by atoms with Gasteiger partial charge in [-0.1, -0.05) is 0 Å². The molecule has 2 bridgehead atoms. The fraction of sp³-hybridized carbons (Fsp3) is 0.556. The zero-order valence-corrected chi connectivity index (χ0v) is 13.4. The second-order valence-electron chi connectivity index (χ2n) is 6.97. The number of rotatable bonds is 2. The Labute approximate surface area is 140 Å². The van der Waals surface area contributed by atoms with Crippen molar-refractivity contribution in [2.24, 2.45) is 11.8 Å². The molecule has 4 aliphatic heterocycles. The van der Waals surface area contributed by atoms with Crippen LogP contribution in [0.1, 0.15) is 12.8 Å². The first-order valence-electron chi connectivity index (χ1n) is 8.70. The van der Waals surface area contributed by atoms with Crippen LogP contribution in [0.15, 0.2) is 24.3 Å². The molecular weight excluding hydrogens is 308 g/mol. The number of nitrogens with zero attached hydrogens (tertiary/aromatic N) is 2. The van der Waals surface area contributed by atoms with E-state index in [0.29, 0.717) is 5.69 Å². The lowest BCUT2D eigenvalue weighted by atomic mass is 9.81. The topological polar surface area (TPSA) is 59.1 Å². The van der Waals surface area contributed by atoms with Crippen molar-refractivity contribution in [3.8, 4) is 0 Å². The van der Waals surface area contributed by atoms with Crippen LogP contribution in [0, 0.1) is 11.8 Å². The lowest BCUT2D eigenvalue weighted by Crippen LogP contribution is -2.36. The normalized spacial score (nSPS) is 35.0. The molecule has 4 atom stereocenters. The van der Waals surface area contributed by atoms with Gasteiger partial charge >= 0.3 is 0 Å². The number of fused-ring (bicyclic) bond motifs is 5. The zero-order chi connectivity index (χ0) is 16.3. The number of benzene rings is 1. The van der Waals surface area contributed by atoms with Crippen LogP contribution in [0.2, 0.25) is 0 Å². The molecule has 126 valence electrons. The van der Waals surface area contributed by atoms with Gasteiger partial charge in [0.15, 0.2) is 0 Å². The zero-order valence-electron chi connectivity index (χ0n) is 13.4. The molecular formula is C18H20N2O4. The summed E-state index contributed by atoms with van der Waals surface area (Å²) >= 11 is 0. The van der Waals surface area contributed by atoms with Crippen molar-refractivity contribution in [2.75, 3.05) is 36.1 Å². The molecule has 0 radical (unpaired) electrons. The molecule has 6 nitrogen and oxygen atoms in total. The van der Waals surface area contributed by atoms with E-state index < -0.39 is 0 Å². The van der Waals surface area contributed by atoms with Crippen molar-refractivity contribution < 1.29 is 19.1 Å². The summed E-state index contributed by atoms with van der Waals surface area (Å²) in [6.07, 6.45) is 1.67. The van der Waals surface area contributed by atoms with Crippen LogP contribution in [0.5, 0.6) is 0 Å². The number of hydrogen-bond acceptors (Lipinski definition) is 5. The standard InChI is InChI=1S/C18H20N2O4/c21-17-15-13-5-6-14(24-13)16(15)18(22)20(17)12-3-1-11(2-4-12)19-7-9-23-10-8-19/h1-4,13-16H,5-10H2/t13-,14-,15-,16+/m0/s1. The number of morpholine rings is 1. The van der Waals surface area contributed by atoms with Crippen LogP contribution in [0.4, 0.5) is 11.4 Å². The van der Waals surface area contributed by atoms with Gasteiger partial charge in [0, 0.05) is 18.8 Å². The largest absolute Gasteiger partial charge is 0.378 e. The average molecular weight is 328 g/mol. The van der Waals surface area contributed by atoms with Gasteiger partial charge in [0.1, 0.15) is 0 Å². The summed E-state index contributed by atoms with van der Waals surface area (Å²) in [6.45, 7) is 3.20. The number of imide groups is 1. The van der Waals surface area contributed by atoms with Gasteiger partial charge < -0.3 is 14.4 Å². The van der Waals surface area contributed by atoms with E-state index in [9.17, 15) is 9.59 Å². The Balaban J connectivity index is 1.40. The minimum absolute atomic E-state index is 0.0610. The number of hydrogen-bond donors (Lipinski definition) is 0. The predicted octanol–water partition coefficient (Wildman–Crippen LogP) is 1.19. The Hall–Kier alpha value is -1.92. The minimum Gasteiger partial charge on any atom is -0.378 e. The molecule has 24 heavy (non-hydrogen) atoms. The van der Waals surface area contributed by atoms with Crippen molar-refractivity contribution in [2.45, 2.75) is 25.0 Å². The second-order valence-corrected chi connectivity index (χ2v) is 6.97. The number of anilines is 2. The van der Waals surface area contributed by atoms with E-state index in [2.05, 4.69) is 4.90 Å². The van der Waals surface area contributed by atoms with Crippen molar-refractivity contribution in [3.05, 3.63) is 24.3 Å². The lowest BCUT2D eigenvalue weighted by Gasteiger charge is -2.29. The summed E-state index contributed by atoms with van der Waals surface area (Å²) in [6, 6.07) is 7.73. The van der Waals surface area contributed by atoms with Crippen LogP contribution < -0.4 is 9.80 Å². The Kier molecular flexibility index (Phi) is 3.18. The number of carbonyl (C=O) groups is 2. The van der Waals surface area contributed by atoms with E-state index in [-0.39, 0.29) is 35.9 Å². The Morgan fingerprint density at radius 2 is 1.38 bits per heavy atom. The van der Waals surface area contributed by atoms with Gasteiger partial charge in [-0.15, -0.1) is 0 Å². The molecule has 0 N–H and O–H groups in total. The molecule has 4 saturated heterocycles. The van der Waals surface area contributed by atoms with Crippen LogP contribution in [0.25, 0.3) is 0 Å². The number of ether oxygens (including phenoxy) is 2. The first-order valence-corrected chi connectivity index (χ1v) is 8.70. The summed E-state index contributed by atoms with van der Waals surface area (Å²) in [5.41, 5.74) is 1.78. The maximum Gasteiger partial charge on any atom is 0.240 e. The summed E-state index contributed by atoms with van der Waals surface area (Å²) in [5.74, 6) is -0.710. The number of amides is 2. The molecule has 2 amide bonds. The molecule has 5 rings (SSSR count). The molecule has 0 saturated carbocycles. The van der Waals surface area contributed by atoms with E-state index in [1.165, 1.54) is 4.90 Å². The molecule has 1 aromatic rings. The highest BCUT2D eigenvalue weighted by Crippen LogP contribution is 2.49. The molecule has 0 unspecified atom stereocenters. The predicted molar refractivity (Wildman–Crippen MR) is 86.8 cm³/mol. The average Bonchev–Trinajstić information content (AvgIpc) is 3.30. The summed E-state index contributed by atoms with van der Waals surface area (Å²) in [5, 5.41) is 0. The third-order valence-corrected chi connectivity index (χ3v) is 5.77. The van der Waals surface area contributed by atoms with E-state index in [0.717, 1.165) is 44.8 Å². The summed E-state index contributed by atoms with van der Waals surface area (Å²) in [4.78, 5) is 29.2. The molecule has 0 aromatic heterocycles. The highest BCUT2D eigenvalue weighted by atomic mass is 16.5. The molecule has 6 heteroatoms. The first kappa shape index (κ1) is 14.4. The molecule has 0 aliphatic carbocycles. The highest BCUT2D eigenvalue weighted by Gasteiger charge is 2.62. The Morgan fingerprint density at radius 1 is 0.833 bits per heavy atom. The maximum atomic E-state index is 12.8. The monoisotopic (exact) mass is 328 g/mol. The summed E-state index contributed by atoms with van der Waals surface area (Å²) in [7, 11) is 0. The minimum atomic E-state index is -0.268. The Morgan fingerprint density at radius 3 is 1.96 bits per heavy atom. The van der Waals surface area contributed by atoms with Crippen LogP contribution in [0.3, 0.4) is 0 Å². The third kappa shape index (κ3) is 1.96. The fourth-order valence-electron chi connectivity index (χ4n) is 4.60. The van der Waals surface area contributed by atoms with Crippen LogP contribution >= 0.6 is 0 Å². The van der Waals surface area contributed by atoms with Gasteiger partial charge in [0.05, 0.1) is 42.9 Å². The van der Waals surface area contributed by atoms with Crippen LogP contribution in [-0.2, 0) is 19.1 Å². The van der Waals surface area contributed by atoms with Gasteiger partial charge in [-0.25, -0.2) is 4.90 Å². The molecule has 0 spiro atoms. The first-order chi connectivity index (χ1) is 11.7. The molecule has 4 aliphatic rings. The van der Waals surface area contributed by atoms with Crippen molar-refractivity contribution >= 4 is 23.2 Å². The van der Waals surface area contributed by atoms with Crippen molar-refractivity contribution in [3.63, 3.8) is 0 Å².